The lowest BCUT2D eigenvalue weighted by molar-refractivity contribution is -0.123. The predicted molar refractivity (Wildman–Crippen MR) is 89.2 cm³/mol. The molecule has 1 unspecified atom stereocenters. The van der Waals surface area contributed by atoms with Crippen LogP contribution in [0.25, 0.3) is 0 Å². The Balaban J connectivity index is 2.19. The van der Waals surface area contributed by atoms with E-state index in [-0.39, 0.29) is 11.9 Å². The van der Waals surface area contributed by atoms with E-state index >= 15 is 0 Å². The molecule has 4 nitrogen and oxygen atoms in total. The fourth-order valence-corrected chi connectivity index (χ4v) is 3.12. The van der Waals surface area contributed by atoms with Gasteiger partial charge in [0.05, 0.1) is 6.54 Å². The predicted octanol–water partition coefficient (Wildman–Crippen LogP) is 2.52. The van der Waals surface area contributed by atoms with Gasteiger partial charge in [0.15, 0.2) is 0 Å². The second-order valence-corrected chi connectivity index (χ2v) is 7.28. The zero-order chi connectivity index (χ0) is 15.8. The Morgan fingerprint density at radius 3 is 2.38 bits per heavy atom. The Morgan fingerprint density at radius 1 is 1.19 bits per heavy atom. The molecule has 0 saturated heterocycles. The minimum Gasteiger partial charge on any atom is -0.353 e. The summed E-state index contributed by atoms with van der Waals surface area (Å²) in [4.78, 5) is 14.3. The molecule has 0 spiro atoms. The minimum atomic E-state index is 0.157. The van der Waals surface area contributed by atoms with E-state index in [9.17, 15) is 4.79 Å². The average molecular weight is 297 g/mol. The second kappa shape index (κ2) is 9.42. The molecular formula is C17H35N3O. The maximum absolute atomic E-state index is 12.1. The van der Waals surface area contributed by atoms with Crippen LogP contribution < -0.4 is 11.1 Å². The Kier molecular flexibility index (Phi) is 8.27. The molecule has 1 aliphatic rings. The molecule has 0 heterocycles. The average Bonchev–Trinajstić information content (AvgIpc) is 2.38. The first-order valence-electron chi connectivity index (χ1n) is 8.63. The van der Waals surface area contributed by atoms with E-state index in [4.69, 9.17) is 5.73 Å². The smallest absolute Gasteiger partial charge is 0.234 e. The number of nitrogens with zero attached hydrogens (tertiary/aromatic N) is 1. The number of nitrogens with one attached hydrogen (secondary N) is 1. The Labute approximate surface area is 130 Å². The molecule has 1 aliphatic carbocycles. The number of hydrogen-bond acceptors (Lipinski definition) is 3. The summed E-state index contributed by atoms with van der Waals surface area (Å²) < 4.78 is 0. The highest BCUT2D eigenvalue weighted by Gasteiger charge is 2.23. The minimum absolute atomic E-state index is 0.157. The largest absolute Gasteiger partial charge is 0.353 e. The van der Waals surface area contributed by atoms with Crippen molar-refractivity contribution < 1.29 is 4.79 Å². The molecule has 1 atom stereocenters. The third-order valence-electron chi connectivity index (χ3n) is 4.58. The van der Waals surface area contributed by atoms with Crippen LogP contribution in [0.1, 0.15) is 65.7 Å². The van der Waals surface area contributed by atoms with E-state index < -0.39 is 0 Å². The highest BCUT2D eigenvalue weighted by molar-refractivity contribution is 5.78. The molecule has 0 radical (unpaired) electrons. The Morgan fingerprint density at radius 2 is 1.81 bits per heavy atom. The number of hydrogen-bond donors (Lipinski definition) is 2. The van der Waals surface area contributed by atoms with Crippen molar-refractivity contribution in [2.75, 3.05) is 13.6 Å². The molecule has 1 rings (SSSR count). The Bertz CT molecular complexity index is 298. The molecule has 1 amide bonds. The fraction of sp³-hybridized carbons (Fsp3) is 0.941. The summed E-state index contributed by atoms with van der Waals surface area (Å²) in [5.41, 5.74) is 5.93. The van der Waals surface area contributed by atoms with E-state index in [0.29, 0.717) is 18.6 Å². The highest BCUT2D eigenvalue weighted by atomic mass is 16.2. The van der Waals surface area contributed by atoms with Crippen molar-refractivity contribution in [2.45, 2.75) is 83.8 Å². The van der Waals surface area contributed by atoms with Gasteiger partial charge in [-0.25, -0.2) is 0 Å². The number of carbonyl (C=O) groups excluding carboxylic acids is 1. The van der Waals surface area contributed by atoms with Crippen molar-refractivity contribution in [3.05, 3.63) is 0 Å². The first-order valence-corrected chi connectivity index (χ1v) is 8.63. The molecule has 4 heteroatoms. The quantitative estimate of drug-likeness (QED) is 0.724. The first-order chi connectivity index (χ1) is 9.88. The summed E-state index contributed by atoms with van der Waals surface area (Å²) >= 11 is 0. The summed E-state index contributed by atoms with van der Waals surface area (Å²) in [5, 5.41) is 3.13. The van der Waals surface area contributed by atoms with Crippen molar-refractivity contribution >= 4 is 5.91 Å². The lowest BCUT2D eigenvalue weighted by Crippen LogP contribution is -2.45. The van der Waals surface area contributed by atoms with Gasteiger partial charge >= 0.3 is 0 Å². The number of carbonyl (C=O) groups is 1. The summed E-state index contributed by atoms with van der Waals surface area (Å²) in [6.07, 6.45) is 7.91. The molecule has 0 bridgehead atoms. The number of rotatable bonds is 8. The van der Waals surface area contributed by atoms with Crippen LogP contribution >= 0.6 is 0 Å². The SMILES string of the molecule is CC(C)CCCC(C)NC(=O)CN(C)C1CCC(N)CC1. The lowest BCUT2D eigenvalue weighted by atomic mass is 9.91. The van der Waals surface area contributed by atoms with Crippen molar-refractivity contribution in [3.8, 4) is 0 Å². The van der Waals surface area contributed by atoms with Gasteiger partial charge in [-0.2, -0.15) is 0 Å². The molecule has 0 aromatic carbocycles. The van der Waals surface area contributed by atoms with Crippen LogP contribution in [0, 0.1) is 5.92 Å². The van der Waals surface area contributed by atoms with Crippen LogP contribution in [0.5, 0.6) is 0 Å². The van der Waals surface area contributed by atoms with Crippen molar-refractivity contribution in [2.24, 2.45) is 11.7 Å². The van der Waals surface area contributed by atoms with Crippen LogP contribution in [-0.4, -0.2) is 42.5 Å². The van der Waals surface area contributed by atoms with Gasteiger partial charge in [0.25, 0.3) is 0 Å². The van der Waals surface area contributed by atoms with Gasteiger partial charge in [0, 0.05) is 18.1 Å². The van der Waals surface area contributed by atoms with Crippen LogP contribution in [-0.2, 0) is 4.79 Å². The maximum atomic E-state index is 12.1. The van der Waals surface area contributed by atoms with Gasteiger partial charge in [0.2, 0.25) is 5.91 Å². The zero-order valence-electron chi connectivity index (χ0n) is 14.4. The van der Waals surface area contributed by atoms with E-state index in [1.807, 2.05) is 0 Å². The van der Waals surface area contributed by atoms with Crippen LogP contribution in [0.4, 0.5) is 0 Å². The topological polar surface area (TPSA) is 58.4 Å². The maximum Gasteiger partial charge on any atom is 0.234 e. The van der Waals surface area contributed by atoms with Crippen LogP contribution in [0.15, 0.2) is 0 Å². The van der Waals surface area contributed by atoms with Crippen molar-refractivity contribution in [3.63, 3.8) is 0 Å². The molecule has 0 aromatic heterocycles. The summed E-state index contributed by atoms with van der Waals surface area (Å²) in [6.45, 7) is 7.11. The summed E-state index contributed by atoms with van der Waals surface area (Å²) in [7, 11) is 2.06. The highest BCUT2D eigenvalue weighted by Crippen LogP contribution is 2.20. The zero-order valence-corrected chi connectivity index (χ0v) is 14.4. The monoisotopic (exact) mass is 297 g/mol. The van der Waals surface area contributed by atoms with Gasteiger partial charge in [0.1, 0.15) is 0 Å². The molecule has 1 saturated carbocycles. The summed E-state index contributed by atoms with van der Waals surface area (Å²) in [6, 6.07) is 1.17. The molecule has 0 aromatic rings. The number of amides is 1. The molecule has 0 aliphatic heterocycles. The van der Waals surface area contributed by atoms with Crippen molar-refractivity contribution in [1.29, 1.82) is 0 Å². The third kappa shape index (κ3) is 7.82. The normalized spacial score (nSPS) is 24.3. The van der Waals surface area contributed by atoms with E-state index in [1.165, 1.54) is 12.8 Å². The van der Waals surface area contributed by atoms with Gasteiger partial charge in [-0.1, -0.05) is 26.7 Å². The first kappa shape index (κ1) is 18.4. The van der Waals surface area contributed by atoms with Crippen LogP contribution in [0.2, 0.25) is 0 Å². The summed E-state index contributed by atoms with van der Waals surface area (Å²) in [5.74, 6) is 0.904. The van der Waals surface area contributed by atoms with Gasteiger partial charge in [-0.05, 0) is 52.0 Å². The molecule has 21 heavy (non-hydrogen) atoms. The molecular weight excluding hydrogens is 262 g/mol. The second-order valence-electron chi connectivity index (χ2n) is 7.28. The van der Waals surface area contributed by atoms with Gasteiger partial charge in [-0.15, -0.1) is 0 Å². The van der Waals surface area contributed by atoms with Crippen LogP contribution in [0.3, 0.4) is 0 Å². The van der Waals surface area contributed by atoms with Gasteiger partial charge < -0.3 is 11.1 Å². The molecule has 3 N–H and O–H groups in total. The molecule has 1 fully saturated rings. The van der Waals surface area contributed by atoms with E-state index in [1.54, 1.807) is 0 Å². The lowest BCUT2D eigenvalue weighted by Gasteiger charge is -2.33. The fourth-order valence-electron chi connectivity index (χ4n) is 3.12. The van der Waals surface area contributed by atoms with E-state index in [2.05, 4.69) is 38.0 Å². The molecule has 124 valence electrons. The van der Waals surface area contributed by atoms with Crippen molar-refractivity contribution in [1.82, 2.24) is 10.2 Å². The van der Waals surface area contributed by atoms with Gasteiger partial charge in [-0.3, -0.25) is 9.69 Å². The number of nitrogens with two attached hydrogens (primary N) is 1. The standard InChI is InChI=1S/C17H35N3O/c1-13(2)6-5-7-14(3)19-17(21)12-20(4)16-10-8-15(18)9-11-16/h13-16H,5-12,18H2,1-4H3,(H,19,21). The Hall–Kier alpha value is -0.610. The van der Waals surface area contributed by atoms with E-state index in [0.717, 1.165) is 38.0 Å². The number of likely N-dealkylation sites (N-methyl/N-ethyl adjacent to an activating group) is 1. The third-order valence-corrected chi connectivity index (χ3v) is 4.58.